The van der Waals surface area contributed by atoms with Crippen LogP contribution >= 0.6 is 22.7 Å². The second-order valence-corrected chi connectivity index (χ2v) is 9.72. The van der Waals surface area contributed by atoms with Crippen LogP contribution in [0.2, 0.25) is 0 Å². The van der Waals surface area contributed by atoms with Crippen LogP contribution in [0.25, 0.3) is 32.0 Å². The molecule has 0 aliphatic rings. The van der Waals surface area contributed by atoms with Crippen LogP contribution in [0, 0.1) is 0 Å². The smallest absolute Gasteiger partial charge is 0.244 e. The lowest BCUT2D eigenvalue weighted by Gasteiger charge is -2.07. The minimum Gasteiger partial charge on any atom is -0.244 e. The van der Waals surface area contributed by atoms with Crippen LogP contribution in [0.1, 0.15) is 0 Å². The van der Waals surface area contributed by atoms with E-state index < -0.39 is 10.0 Å². The molecule has 0 aliphatic heterocycles. The van der Waals surface area contributed by atoms with Gasteiger partial charge in [0, 0.05) is 45.4 Å². The molecule has 5 rings (SSSR count). The third-order valence-corrected chi connectivity index (χ3v) is 7.77. The van der Waals surface area contributed by atoms with Gasteiger partial charge in [0.25, 0.3) is 10.0 Å². The van der Waals surface area contributed by atoms with E-state index in [4.69, 9.17) is 0 Å². The zero-order valence-corrected chi connectivity index (χ0v) is 16.8. The predicted molar refractivity (Wildman–Crippen MR) is 113 cm³/mol. The number of aromatic nitrogens is 3. The SMILES string of the molecule is O=S(=O)(c1ccccc1)n1cc(-c2nccs2)c2cc(-c3cccs3)cnc21. The summed E-state index contributed by atoms with van der Waals surface area (Å²) >= 11 is 3.09. The van der Waals surface area contributed by atoms with Gasteiger partial charge in [0.15, 0.2) is 5.65 Å². The van der Waals surface area contributed by atoms with E-state index in [9.17, 15) is 8.42 Å². The number of hydrogen-bond acceptors (Lipinski definition) is 6. The second-order valence-electron chi connectivity index (χ2n) is 6.07. The van der Waals surface area contributed by atoms with Crippen molar-refractivity contribution < 1.29 is 8.42 Å². The molecule has 0 radical (unpaired) electrons. The highest BCUT2D eigenvalue weighted by atomic mass is 32.2. The number of fused-ring (bicyclic) bond motifs is 1. The number of hydrogen-bond donors (Lipinski definition) is 0. The Morgan fingerprint density at radius 2 is 1.79 bits per heavy atom. The molecule has 0 saturated carbocycles. The highest BCUT2D eigenvalue weighted by Crippen LogP contribution is 2.36. The Labute approximate surface area is 169 Å². The van der Waals surface area contributed by atoms with E-state index in [0.29, 0.717) is 5.65 Å². The summed E-state index contributed by atoms with van der Waals surface area (Å²) in [6, 6.07) is 14.4. The summed E-state index contributed by atoms with van der Waals surface area (Å²) in [5, 5.41) is 5.41. The maximum Gasteiger partial charge on any atom is 0.269 e. The molecule has 8 heteroatoms. The van der Waals surface area contributed by atoms with Gasteiger partial charge in [-0.3, -0.25) is 0 Å². The lowest BCUT2D eigenvalue weighted by molar-refractivity contribution is 0.589. The number of pyridine rings is 1. The van der Waals surface area contributed by atoms with E-state index in [1.165, 1.54) is 15.3 Å². The van der Waals surface area contributed by atoms with Crippen molar-refractivity contribution in [2.45, 2.75) is 4.90 Å². The summed E-state index contributed by atoms with van der Waals surface area (Å²) in [6.07, 6.45) is 5.05. The summed E-state index contributed by atoms with van der Waals surface area (Å²) in [7, 11) is -3.77. The largest absolute Gasteiger partial charge is 0.269 e. The number of benzene rings is 1. The molecule has 0 saturated heterocycles. The highest BCUT2D eigenvalue weighted by Gasteiger charge is 2.23. The zero-order valence-electron chi connectivity index (χ0n) is 14.4. The Hall–Kier alpha value is -2.81. The zero-order chi connectivity index (χ0) is 19.1. The molecule has 4 heterocycles. The predicted octanol–water partition coefficient (Wildman–Crippen LogP) is 5.13. The van der Waals surface area contributed by atoms with Crippen LogP contribution in [0.15, 0.2) is 82.8 Å². The number of nitrogens with zero attached hydrogens (tertiary/aromatic N) is 3. The Morgan fingerprint density at radius 1 is 0.929 bits per heavy atom. The van der Waals surface area contributed by atoms with Gasteiger partial charge in [-0.05, 0) is 29.6 Å². The van der Waals surface area contributed by atoms with Crippen LogP contribution in [0.5, 0.6) is 0 Å². The Balaban J connectivity index is 1.80. The van der Waals surface area contributed by atoms with Gasteiger partial charge in [-0.15, -0.1) is 22.7 Å². The first kappa shape index (κ1) is 17.3. The fourth-order valence-corrected chi connectivity index (χ4v) is 5.79. The van der Waals surface area contributed by atoms with Crippen molar-refractivity contribution in [2.24, 2.45) is 0 Å². The minimum atomic E-state index is -3.77. The van der Waals surface area contributed by atoms with E-state index >= 15 is 0 Å². The molecule has 138 valence electrons. The molecule has 4 aromatic heterocycles. The van der Waals surface area contributed by atoms with Crippen LogP contribution < -0.4 is 0 Å². The molecule has 0 spiro atoms. The van der Waals surface area contributed by atoms with Gasteiger partial charge in [0.2, 0.25) is 0 Å². The van der Waals surface area contributed by atoms with E-state index in [0.717, 1.165) is 26.4 Å². The molecule has 28 heavy (non-hydrogen) atoms. The van der Waals surface area contributed by atoms with Crippen molar-refractivity contribution in [3.8, 4) is 21.0 Å². The van der Waals surface area contributed by atoms with Gasteiger partial charge in [-0.25, -0.2) is 22.4 Å². The average molecular weight is 424 g/mol. The Kier molecular flexibility index (Phi) is 4.12. The van der Waals surface area contributed by atoms with Crippen LogP contribution in [0.3, 0.4) is 0 Å². The summed E-state index contributed by atoms with van der Waals surface area (Å²) in [6.45, 7) is 0. The average Bonchev–Trinajstić information content (AvgIpc) is 3.48. The van der Waals surface area contributed by atoms with E-state index in [2.05, 4.69) is 9.97 Å². The molecule has 5 nitrogen and oxygen atoms in total. The molecular formula is C20H13N3O2S3. The van der Waals surface area contributed by atoms with Crippen molar-refractivity contribution in [1.29, 1.82) is 0 Å². The maximum absolute atomic E-state index is 13.3. The van der Waals surface area contributed by atoms with Crippen molar-refractivity contribution in [3.05, 3.63) is 77.9 Å². The maximum atomic E-state index is 13.3. The fraction of sp³-hybridized carbons (Fsp3) is 0. The third kappa shape index (κ3) is 2.77. The van der Waals surface area contributed by atoms with Crippen LogP contribution in [0.4, 0.5) is 0 Å². The molecule has 0 unspecified atom stereocenters. The lowest BCUT2D eigenvalue weighted by atomic mass is 10.1. The van der Waals surface area contributed by atoms with Gasteiger partial charge < -0.3 is 0 Å². The normalized spacial score (nSPS) is 11.9. The number of thiophene rings is 1. The molecular weight excluding hydrogens is 410 g/mol. The van der Waals surface area contributed by atoms with Gasteiger partial charge in [-0.1, -0.05) is 24.3 Å². The number of rotatable bonds is 4. The van der Waals surface area contributed by atoms with Crippen LogP contribution in [-0.4, -0.2) is 22.4 Å². The van der Waals surface area contributed by atoms with Crippen molar-refractivity contribution in [2.75, 3.05) is 0 Å². The van der Waals surface area contributed by atoms with Crippen molar-refractivity contribution in [1.82, 2.24) is 13.9 Å². The molecule has 0 atom stereocenters. The third-order valence-electron chi connectivity index (χ3n) is 4.38. The molecule has 1 aromatic carbocycles. The topological polar surface area (TPSA) is 64.8 Å². The first-order valence-electron chi connectivity index (χ1n) is 8.40. The van der Waals surface area contributed by atoms with Gasteiger partial charge >= 0.3 is 0 Å². The molecule has 0 amide bonds. The highest BCUT2D eigenvalue weighted by molar-refractivity contribution is 7.90. The van der Waals surface area contributed by atoms with E-state index in [1.807, 2.05) is 29.0 Å². The lowest BCUT2D eigenvalue weighted by Crippen LogP contribution is -2.12. The van der Waals surface area contributed by atoms with E-state index in [1.54, 1.807) is 60.3 Å². The van der Waals surface area contributed by atoms with Gasteiger partial charge in [-0.2, -0.15) is 0 Å². The van der Waals surface area contributed by atoms with Crippen molar-refractivity contribution in [3.63, 3.8) is 0 Å². The Morgan fingerprint density at radius 3 is 2.50 bits per heavy atom. The molecule has 0 N–H and O–H groups in total. The first-order chi connectivity index (χ1) is 13.6. The molecule has 0 aliphatic carbocycles. The minimum absolute atomic E-state index is 0.224. The van der Waals surface area contributed by atoms with E-state index in [-0.39, 0.29) is 4.90 Å². The Bertz CT molecular complexity index is 1360. The second kappa shape index (κ2) is 6.66. The van der Waals surface area contributed by atoms with Crippen molar-refractivity contribution >= 4 is 43.7 Å². The first-order valence-corrected chi connectivity index (χ1v) is 11.6. The number of thiazole rings is 1. The molecule has 0 fully saturated rings. The summed E-state index contributed by atoms with van der Waals surface area (Å²) in [4.78, 5) is 10.2. The quantitative estimate of drug-likeness (QED) is 0.402. The fourth-order valence-electron chi connectivity index (χ4n) is 3.07. The van der Waals surface area contributed by atoms with Crippen LogP contribution in [-0.2, 0) is 10.0 Å². The molecule has 0 bridgehead atoms. The summed E-state index contributed by atoms with van der Waals surface area (Å²) in [5.74, 6) is 0. The van der Waals surface area contributed by atoms with Gasteiger partial charge in [0.05, 0.1) is 4.90 Å². The summed E-state index contributed by atoms with van der Waals surface area (Å²) < 4.78 is 27.8. The standard InChI is InChI=1S/C20H13N3O2S3/c24-28(25,15-5-2-1-3-6-15)23-13-17(20-21-8-10-27-20)16-11-14(12-22-19(16)23)18-7-4-9-26-18/h1-13H. The summed E-state index contributed by atoms with van der Waals surface area (Å²) in [5.41, 5.74) is 2.11. The monoisotopic (exact) mass is 423 g/mol. The van der Waals surface area contributed by atoms with Gasteiger partial charge in [0.1, 0.15) is 5.01 Å². The molecule has 5 aromatic rings.